The molecule has 2 N–H and O–H groups in total. The number of aromatic nitrogens is 3. The molecule has 1 atom stereocenters. The van der Waals surface area contributed by atoms with Crippen molar-refractivity contribution in [2.24, 2.45) is 0 Å². The zero-order valence-corrected chi connectivity index (χ0v) is 20.9. The van der Waals surface area contributed by atoms with Crippen LogP contribution in [-0.4, -0.2) is 70.7 Å². The molecule has 190 valence electrons. The molecule has 0 aliphatic carbocycles. The quantitative estimate of drug-likeness (QED) is 0.324. The highest BCUT2D eigenvalue weighted by molar-refractivity contribution is 5.93. The molecule has 9 heteroatoms. The Morgan fingerprint density at radius 3 is 2.57 bits per heavy atom. The average Bonchev–Trinajstić information content (AvgIpc) is 3.54. The SMILES string of the molecule is CN(C)CC=CC(=O)N1CCC(Nc2n[nH]c3nccc(Oc4ccc(Oc5ccccc5)cc4)c23)C1. The van der Waals surface area contributed by atoms with Gasteiger partial charge in [-0.1, -0.05) is 24.3 Å². The second-order valence-electron chi connectivity index (χ2n) is 9.17. The van der Waals surface area contributed by atoms with Crippen LogP contribution in [-0.2, 0) is 4.79 Å². The van der Waals surface area contributed by atoms with Gasteiger partial charge in [0.2, 0.25) is 5.91 Å². The number of aromatic amines is 1. The lowest BCUT2D eigenvalue weighted by Crippen LogP contribution is -2.30. The number of amides is 1. The fourth-order valence-corrected chi connectivity index (χ4v) is 4.18. The number of rotatable bonds is 9. The Hall–Kier alpha value is -4.37. The van der Waals surface area contributed by atoms with Crippen molar-refractivity contribution < 1.29 is 14.3 Å². The number of benzene rings is 2. The first-order valence-corrected chi connectivity index (χ1v) is 12.3. The van der Waals surface area contributed by atoms with Crippen LogP contribution in [0.1, 0.15) is 6.42 Å². The Balaban J connectivity index is 1.25. The molecular formula is C28H30N6O3. The van der Waals surface area contributed by atoms with E-state index in [1.165, 1.54) is 0 Å². The number of fused-ring (bicyclic) bond motifs is 1. The van der Waals surface area contributed by atoms with E-state index in [0.717, 1.165) is 29.9 Å². The van der Waals surface area contributed by atoms with Gasteiger partial charge in [-0.15, -0.1) is 0 Å². The molecule has 2 aromatic heterocycles. The summed E-state index contributed by atoms with van der Waals surface area (Å²) < 4.78 is 12.1. The molecule has 5 rings (SSSR count). The molecule has 3 heterocycles. The first-order valence-electron chi connectivity index (χ1n) is 12.3. The normalized spacial score (nSPS) is 15.5. The van der Waals surface area contributed by atoms with Crippen LogP contribution in [0.15, 0.2) is 79.0 Å². The number of H-pyrrole nitrogens is 1. The Morgan fingerprint density at radius 1 is 1.08 bits per heavy atom. The van der Waals surface area contributed by atoms with Crippen molar-refractivity contribution in [1.29, 1.82) is 0 Å². The maximum atomic E-state index is 12.5. The molecule has 37 heavy (non-hydrogen) atoms. The average molecular weight is 499 g/mol. The first-order chi connectivity index (χ1) is 18.0. The number of para-hydroxylation sites is 1. The van der Waals surface area contributed by atoms with Crippen LogP contribution < -0.4 is 14.8 Å². The summed E-state index contributed by atoms with van der Waals surface area (Å²) in [6, 6.07) is 19.0. The number of carbonyl (C=O) groups is 1. The third-order valence-corrected chi connectivity index (χ3v) is 6.03. The summed E-state index contributed by atoms with van der Waals surface area (Å²) in [4.78, 5) is 20.8. The topological polar surface area (TPSA) is 95.6 Å². The van der Waals surface area contributed by atoms with Crippen molar-refractivity contribution in [2.45, 2.75) is 12.5 Å². The monoisotopic (exact) mass is 498 g/mol. The molecule has 0 saturated carbocycles. The lowest BCUT2D eigenvalue weighted by molar-refractivity contribution is -0.125. The van der Waals surface area contributed by atoms with Crippen LogP contribution in [0.5, 0.6) is 23.0 Å². The summed E-state index contributed by atoms with van der Waals surface area (Å²) in [5, 5.41) is 11.7. The molecular weight excluding hydrogens is 468 g/mol. The second kappa shape index (κ2) is 11.1. The number of pyridine rings is 1. The van der Waals surface area contributed by atoms with E-state index >= 15 is 0 Å². The number of ether oxygens (including phenoxy) is 2. The van der Waals surface area contributed by atoms with Gasteiger partial charge in [0.15, 0.2) is 11.5 Å². The summed E-state index contributed by atoms with van der Waals surface area (Å²) in [5.74, 6) is 3.49. The summed E-state index contributed by atoms with van der Waals surface area (Å²) in [7, 11) is 3.95. The Bertz CT molecular complexity index is 1370. The van der Waals surface area contributed by atoms with Gasteiger partial charge in [-0.3, -0.25) is 9.89 Å². The number of anilines is 1. The molecule has 9 nitrogen and oxygen atoms in total. The van der Waals surface area contributed by atoms with Crippen LogP contribution in [0, 0.1) is 0 Å². The van der Waals surface area contributed by atoms with Gasteiger partial charge in [0, 0.05) is 44.0 Å². The highest BCUT2D eigenvalue weighted by atomic mass is 16.5. The highest BCUT2D eigenvalue weighted by Gasteiger charge is 2.26. The fourth-order valence-electron chi connectivity index (χ4n) is 4.18. The minimum atomic E-state index is 0.0309. The molecule has 0 radical (unpaired) electrons. The van der Waals surface area contributed by atoms with E-state index in [0.29, 0.717) is 36.1 Å². The Morgan fingerprint density at radius 2 is 1.81 bits per heavy atom. The third-order valence-electron chi connectivity index (χ3n) is 6.03. The molecule has 1 saturated heterocycles. The summed E-state index contributed by atoms with van der Waals surface area (Å²) >= 11 is 0. The Kier molecular flexibility index (Phi) is 7.32. The molecule has 0 spiro atoms. The van der Waals surface area contributed by atoms with Crippen molar-refractivity contribution in [3.05, 3.63) is 79.0 Å². The largest absolute Gasteiger partial charge is 0.457 e. The molecule has 1 aliphatic heterocycles. The number of hydrogen-bond donors (Lipinski definition) is 2. The van der Waals surface area contributed by atoms with E-state index in [4.69, 9.17) is 9.47 Å². The molecule has 1 unspecified atom stereocenters. The third kappa shape index (κ3) is 6.07. The van der Waals surface area contributed by atoms with Gasteiger partial charge < -0.3 is 24.6 Å². The van der Waals surface area contributed by atoms with Gasteiger partial charge in [0.25, 0.3) is 0 Å². The summed E-state index contributed by atoms with van der Waals surface area (Å²) in [6.45, 7) is 2.04. The van der Waals surface area contributed by atoms with Gasteiger partial charge in [0.1, 0.15) is 28.4 Å². The van der Waals surface area contributed by atoms with Gasteiger partial charge in [-0.2, -0.15) is 5.10 Å². The molecule has 4 aromatic rings. The van der Waals surface area contributed by atoms with Crippen molar-refractivity contribution in [1.82, 2.24) is 25.0 Å². The molecule has 2 aromatic carbocycles. The fraction of sp³-hybridized carbons (Fsp3) is 0.250. The second-order valence-corrected chi connectivity index (χ2v) is 9.17. The van der Waals surface area contributed by atoms with Crippen molar-refractivity contribution in [3.8, 4) is 23.0 Å². The van der Waals surface area contributed by atoms with Gasteiger partial charge >= 0.3 is 0 Å². The summed E-state index contributed by atoms with van der Waals surface area (Å²) in [5.41, 5.74) is 0.626. The molecule has 1 amide bonds. The summed E-state index contributed by atoms with van der Waals surface area (Å²) in [6.07, 6.45) is 6.06. The number of nitrogens with zero attached hydrogens (tertiary/aromatic N) is 4. The van der Waals surface area contributed by atoms with Crippen LogP contribution in [0.4, 0.5) is 5.82 Å². The van der Waals surface area contributed by atoms with E-state index in [1.54, 1.807) is 12.3 Å². The zero-order chi connectivity index (χ0) is 25.6. The lowest BCUT2D eigenvalue weighted by Gasteiger charge is -2.16. The minimum absolute atomic E-state index is 0.0309. The number of carbonyl (C=O) groups excluding carboxylic acids is 1. The number of nitrogens with one attached hydrogen (secondary N) is 2. The van der Waals surface area contributed by atoms with E-state index in [2.05, 4.69) is 20.5 Å². The van der Waals surface area contributed by atoms with Gasteiger partial charge in [0.05, 0.1) is 0 Å². The van der Waals surface area contributed by atoms with E-state index in [-0.39, 0.29) is 11.9 Å². The maximum Gasteiger partial charge on any atom is 0.246 e. The standard InChI is InChI=1S/C28H30N6O3/c1-33(2)17-6-9-25(35)34-18-15-20(19-34)30-28-26-24(14-16-29-27(26)31-32-28)37-23-12-10-22(11-13-23)36-21-7-4-3-5-8-21/h3-14,16,20H,15,17-19H2,1-2H3,(H2,29,30,31,32). The van der Waals surface area contributed by atoms with E-state index in [9.17, 15) is 4.79 Å². The van der Waals surface area contributed by atoms with Gasteiger partial charge in [-0.05, 0) is 56.9 Å². The number of hydrogen-bond acceptors (Lipinski definition) is 7. The molecule has 1 aliphatic rings. The Labute approximate surface area is 215 Å². The van der Waals surface area contributed by atoms with Crippen LogP contribution >= 0.6 is 0 Å². The lowest BCUT2D eigenvalue weighted by atomic mass is 10.2. The molecule has 0 bridgehead atoms. The predicted molar refractivity (Wildman–Crippen MR) is 143 cm³/mol. The van der Waals surface area contributed by atoms with Crippen molar-refractivity contribution in [3.63, 3.8) is 0 Å². The maximum absolute atomic E-state index is 12.5. The van der Waals surface area contributed by atoms with Crippen LogP contribution in [0.25, 0.3) is 11.0 Å². The zero-order valence-electron chi connectivity index (χ0n) is 20.9. The molecule has 1 fully saturated rings. The highest BCUT2D eigenvalue weighted by Crippen LogP contribution is 2.34. The number of likely N-dealkylation sites (tertiary alicyclic amines) is 1. The number of likely N-dealkylation sites (N-methyl/N-ethyl adjacent to an activating group) is 1. The van der Waals surface area contributed by atoms with Crippen molar-refractivity contribution in [2.75, 3.05) is 39.0 Å². The van der Waals surface area contributed by atoms with E-state index in [1.807, 2.05) is 90.6 Å². The first kappa shape index (κ1) is 24.3. The van der Waals surface area contributed by atoms with E-state index < -0.39 is 0 Å². The van der Waals surface area contributed by atoms with Crippen molar-refractivity contribution >= 4 is 22.8 Å². The van der Waals surface area contributed by atoms with Gasteiger partial charge in [-0.25, -0.2) is 4.98 Å². The predicted octanol–water partition coefficient (Wildman–Crippen LogP) is 4.67. The van der Waals surface area contributed by atoms with Crippen LogP contribution in [0.3, 0.4) is 0 Å². The minimum Gasteiger partial charge on any atom is -0.457 e. The smallest absolute Gasteiger partial charge is 0.246 e. The van der Waals surface area contributed by atoms with Crippen LogP contribution in [0.2, 0.25) is 0 Å².